The van der Waals surface area contributed by atoms with Crippen molar-refractivity contribution >= 4 is 11.6 Å². The maximum Gasteiger partial charge on any atom is 0.165 e. The molecule has 4 heteroatoms. The molecule has 2 aromatic rings. The zero-order valence-electron chi connectivity index (χ0n) is 9.91. The lowest BCUT2D eigenvalue weighted by molar-refractivity contribution is 0.437. The van der Waals surface area contributed by atoms with E-state index in [1.807, 2.05) is 6.92 Å². The topological polar surface area (TPSA) is 35.2 Å². The van der Waals surface area contributed by atoms with Gasteiger partial charge in [0.2, 0.25) is 0 Å². The highest BCUT2D eigenvalue weighted by atomic mass is 35.5. The number of ether oxygens (including phenoxy) is 1. The number of nitrogens with two attached hydrogens (primary N) is 1. The summed E-state index contributed by atoms with van der Waals surface area (Å²) in [6.45, 7) is 2.15. The first-order valence-corrected chi connectivity index (χ1v) is 5.90. The summed E-state index contributed by atoms with van der Waals surface area (Å²) in [5.41, 5.74) is 7.27. The predicted octanol–water partition coefficient (Wildman–Crippen LogP) is 4.04. The van der Waals surface area contributed by atoms with Gasteiger partial charge < -0.3 is 10.5 Å². The maximum absolute atomic E-state index is 13.6. The van der Waals surface area contributed by atoms with Crippen molar-refractivity contribution in [2.24, 2.45) is 5.73 Å². The third-order valence-corrected chi connectivity index (χ3v) is 2.78. The molecule has 2 N–H and O–H groups in total. The van der Waals surface area contributed by atoms with Crippen molar-refractivity contribution in [2.75, 3.05) is 0 Å². The Balaban J connectivity index is 2.36. The fourth-order valence-corrected chi connectivity index (χ4v) is 1.81. The molecular weight excluding hydrogens is 253 g/mol. The molecule has 0 aliphatic heterocycles. The summed E-state index contributed by atoms with van der Waals surface area (Å²) in [4.78, 5) is 0. The highest BCUT2D eigenvalue weighted by Gasteiger charge is 2.08. The lowest BCUT2D eigenvalue weighted by Crippen LogP contribution is -2.00. The summed E-state index contributed by atoms with van der Waals surface area (Å²) in [5, 5.41) is 0.576. The zero-order valence-corrected chi connectivity index (χ0v) is 10.7. The van der Waals surface area contributed by atoms with Gasteiger partial charge in [-0.15, -0.1) is 0 Å². The second-order valence-corrected chi connectivity index (χ2v) is 4.43. The van der Waals surface area contributed by atoms with Gasteiger partial charge in [0.25, 0.3) is 0 Å². The predicted molar refractivity (Wildman–Crippen MR) is 70.6 cm³/mol. The first kappa shape index (κ1) is 12.9. The lowest BCUT2D eigenvalue weighted by atomic mass is 10.2. The van der Waals surface area contributed by atoms with Crippen LogP contribution in [-0.4, -0.2) is 0 Å². The number of rotatable bonds is 3. The van der Waals surface area contributed by atoms with Crippen LogP contribution < -0.4 is 10.5 Å². The van der Waals surface area contributed by atoms with Crippen molar-refractivity contribution in [2.45, 2.75) is 13.5 Å². The molecule has 0 aliphatic rings. The normalized spacial score (nSPS) is 10.4. The van der Waals surface area contributed by atoms with E-state index in [1.165, 1.54) is 6.07 Å². The molecule has 2 rings (SSSR count). The summed E-state index contributed by atoms with van der Waals surface area (Å²) >= 11 is 5.87. The van der Waals surface area contributed by atoms with Crippen LogP contribution in [0.5, 0.6) is 11.5 Å². The Hall–Kier alpha value is -1.58. The van der Waals surface area contributed by atoms with Crippen molar-refractivity contribution < 1.29 is 9.13 Å². The first-order chi connectivity index (χ1) is 8.60. The molecular formula is C14H13ClFNO. The summed E-state index contributed by atoms with van der Waals surface area (Å²) < 4.78 is 19.1. The van der Waals surface area contributed by atoms with Crippen molar-refractivity contribution in [3.63, 3.8) is 0 Å². The molecule has 0 amide bonds. The number of halogens is 2. The minimum absolute atomic E-state index is 0.187. The van der Waals surface area contributed by atoms with Crippen molar-refractivity contribution in [3.05, 3.63) is 58.4 Å². The van der Waals surface area contributed by atoms with Gasteiger partial charge in [0.1, 0.15) is 5.75 Å². The minimum Gasteiger partial charge on any atom is -0.454 e. The van der Waals surface area contributed by atoms with Crippen LogP contribution >= 0.6 is 11.6 Å². The molecule has 2 nitrogen and oxygen atoms in total. The first-order valence-electron chi connectivity index (χ1n) is 5.52. The largest absolute Gasteiger partial charge is 0.454 e. The smallest absolute Gasteiger partial charge is 0.165 e. The van der Waals surface area contributed by atoms with Gasteiger partial charge in [-0.3, -0.25) is 0 Å². The Kier molecular flexibility index (Phi) is 3.84. The molecule has 0 spiro atoms. The van der Waals surface area contributed by atoms with E-state index in [9.17, 15) is 4.39 Å². The van der Waals surface area contributed by atoms with Crippen LogP contribution in [-0.2, 0) is 6.54 Å². The van der Waals surface area contributed by atoms with Crippen molar-refractivity contribution in [1.82, 2.24) is 0 Å². The second-order valence-electron chi connectivity index (χ2n) is 3.99. The third kappa shape index (κ3) is 2.81. The van der Waals surface area contributed by atoms with Gasteiger partial charge in [-0.1, -0.05) is 17.7 Å². The van der Waals surface area contributed by atoms with E-state index in [2.05, 4.69) is 0 Å². The van der Waals surface area contributed by atoms with E-state index in [0.717, 1.165) is 11.1 Å². The molecule has 0 saturated heterocycles. The summed E-state index contributed by atoms with van der Waals surface area (Å²) in [5.74, 6) is 0.303. The average Bonchev–Trinajstić information content (AvgIpc) is 2.36. The molecule has 94 valence electrons. The van der Waals surface area contributed by atoms with E-state index in [-0.39, 0.29) is 12.3 Å². The van der Waals surface area contributed by atoms with Crippen LogP contribution in [0.15, 0.2) is 36.4 Å². The minimum atomic E-state index is -0.404. The molecule has 0 saturated carbocycles. The Morgan fingerprint density at radius 2 is 1.94 bits per heavy atom. The molecule has 0 fully saturated rings. The molecule has 0 radical (unpaired) electrons. The van der Waals surface area contributed by atoms with E-state index in [4.69, 9.17) is 22.1 Å². The standard InChI is InChI=1S/C14H13ClFNO/c1-9-2-4-12(16)14(6-9)18-13-5-3-11(15)7-10(13)8-17/h2-7H,8,17H2,1H3. The molecule has 0 atom stereocenters. The Morgan fingerprint density at radius 3 is 2.67 bits per heavy atom. The molecule has 18 heavy (non-hydrogen) atoms. The quantitative estimate of drug-likeness (QED) is 0.909. The third-order valence-electron chi connectivity index (χ3n) is 2.55. The summed E-state index contributed by atoms with van der Waals surface area (Å²) in [6.07, 6.45) is 0. The van der Waals surface area contributed by atoms with Crippen LogP contribution in [0, 0.1) is 12.7 Å². The number of hydrogen-bond donors (Lipinski definition) is 1. The molecule has 0 aliphatic carbocycles. The van der Waals surface area contributed by atoms with Gasteiger partial charge in [0, 0.05) is 17.1 Å². The van der Waals surface area contributed by atoms with Gasteiger partial charge in [-0.05, 0) is 42.8 Å². The lowest BCUT2D eigenvalue weighted by Gasteiger charge is -2.11. The number of benzene rings is 2. The van der Waals surface area contributed by atoms with Crippen LogP contribution in [0.1, 0.15) is 11.1 Å². The van der Waals surface area contributed by atoms with E-state index in [1.54, 1.807) is 30.3 Å². The average molecular weight is 266 g/mol. The molecule has 0 aromatic heterocycles. The van der Waals surface area contributed by atoms with Gasteiger partial charge >= 0.3 is 0 Å². The van der Waals surface area contributed by atoms with Crippen LogP contribution in [0.4, 0.5) is 4.39 Å². The number of hydrogen-bond acceptors (Lipinski definition) is 2. The Morgan fingerprint density at radius 1 is 1.17 bits per heavy atom. The van der Waals surface area contributed by atoms with Gasteiger partial charge in [0.15, 0.2) is 11.6 Å². The monoisotopic (exact) mass is 265 g/mol. The Labute approximate surface area is 110 Å². The SMILES string of the molecule is Cc1ccc(F)c(Oc2ccc(Cl)cc2CN)c1. The van der Waals surface area contributed by atoms with Crippen molar-refractivity contribution in [1.29, 1.82) is 0 Å². The second kappa shape index (κ2) is 5.38. The van der Waals surface area contributed by atoms with Crippen LogP contribution in [0.2, 0.25) is 5.02 Å². The van der Waals surface area contributed by atoms with Gasteiger partial charge in [0.05, 0.1) is 0 Å². The van der Waals surface area contributed by atoms with E-state index in [0.29, 0.717) is 10.8 Å². The van der Waals surface area contributed by atoms with E-state index >= 15 is 0 Å². The van der Waals surface area contributed by atoms with Crippen LogP contribution in [0.25, 0.3) is 0 Å². The van der Waals surface area contributed by atoms with E-state index < -0.39 is 5.82 Å². The zero-order chi connectivity index (χ0) is 13.1. The molecule has 0 unspecified atom stereocenters. The summed E-state index contributed by atoms with van der Waals surface area (Å²) in [7, 11) is 0. The van der Waals surface area contributed by atoms with Crippen LogP contribution in [0.3, 0.4) is 0 Å². The van der Waals surface area contributed by atoms with Gasteiger partial charge in [-0.2, -0.15) is 0 Å². The highest BCUT2D eigenvalue weighted by Crippen LogP contribution is 2.29. The molecule has 2 aromatic carbocycles. The fraction of sp³-hybridized carbons (Fsp3) is 0.143. The maximum atomic E-state index is 13.6. The number of aryl methyl sites for hydroxylation is 1. The molecule has 0 heterocycles. The fourth-order valence-electron chi connectivity index (χ4n) is 1.61. The molecule has 0 bridgehead atoms. The van der Waals surface area contributed by atoms with Crippen molar-refractivity contribution in [3.8, 4) is 11.5 Å². The highest BCUT2D eigenvalue weighted by molar-refractivity contribution is 6.30. The Bertz CT molecular complexity index is 572. The van der Waals surface area contributed by atoms with Gasteiger partial charge in [-0.25, -0.2) is 4.39 Å². The summed E-state index contributed by atoms with van der Waals surface area (Å²) in [6, 6.07) is 9.79.